The van der Waals surface area contributed by atoms with E-state index in [-0.39, 0.29) is 16.1 Å². The molecule has 0 saturated carbocycles. The number of halogens is 3. The fourth-order valence-corrected chi connectivity index (χ4v) is 2.27. The van der Waals surface area contributed by atoms with E-state index in [0.717, 1.165) is 6.42 Å². The number of hydrogen-bond donors (Lipinski definition) is 0. The van der Waals surface area contributed by atoms with Crippen molar-refractivity contribution in [2.45, 2.75) is 24.6 Å². The van der Waals surface area contributed by atoms with Crippen molar-refractivity contribution in [3.63, 3.8) is 0 Å². The second-order valence-electron chi connectivity index (χ2n) is 3.26. The van der Waals surface area contributed by atoms with E-state index in [2.05, 4.69) is 15.9 Å². The molecule has 15 heavy (non-hydrogen) atoms. The molecule has 4 heteroatoms. The molecule has 0 heterocycles. The van der Waals surface area contributed by atoms with Crippen LogP contribution in [0.5, 0.6) is 5.75 Å². The second kappa shape index (κ2) is 5.45. The quantitative estimate of drug-likeness (QED) is 0.750. The van der Waals surface area contributed by atoms with Gasteiger partial charge in [0.15, 0.2) is 0 Å². The molecule has 0 fully saturated rings. The Labute approximate surface area is 96.6 Å². The lowest BCUT2D eigenvalue weighted by molar-refractivity contribution is 0.405. The van der Waals surface area contributed by atoms with Crippen LogP contribution in [0.15, 0.2) is 12.1 Å². The van der Waals surface area contributed by atoms with E-state index in [1.807, 2.05) is 6.92 Å². The number of methoxy groups -OCH3 is 1. The fourth-order valence-electron chi connectivity index (χ4n) is 1.38. The molecule has 0 aliphatic carbocycles. The number of rotatable bonds is 4. The molecule has 1 nitrogen and oxygen atoms in total. The molecule has 0 radical (unpaired) electrons. The van der Waals surface area contributed by atoms with E-state index in [1.54, 1.807) is 0 Å². The highest BCUT2D eigenvalue weighted by molar-refractivity contribution is 9.09. The average Bonchev–Trinajstić information content (AvgIpc) is 2.16. The van der Waals surface area contributed by atoms with Crippen molar-refractivity contribution in [3.05, 3.63) is 29.3 Å². The van der Waals surface area contributed by atoms with E-state index in [1.165, 1.54) is 19.2 Å². The highest BCUT2D eigenvalue weighted by Gasteiger charge is 2.18. The maximum atomic E-state index is 13.5. The zero-order valence-electron chi connectivity index (χ0n) is 8.69. The van der Waals surface area contributed by atoms with Gasteiger partial charge in [0.2, 0.25) is 0 Å². The van der Waals surface area contributed by atoms with Gasteiger partial charge in [-0.25, -0.2) is 8.78 Å². The van der Waals surface area contributed by atoms with E-state index >= 15 is 0 Å². The summed E-state index contributed by atoms with van der Waals surface area (Å²) in [5.74, 6) is -0.936. The third-order valence-corrected chi connectivity index (χ3v) is 3.06. The molecular weight excluding hydrogens is 266 g/mol. The minimum atomic E-state index is -0.567. The van der Waals surface area contributed by atoms with Crippen molar-refractivity contribution in [3.8, 4) is 5.75 Å². The molecule has 0 amide bonds. The van der Waals surface area contributed by atoms with Gasteiger partial charge in [0.25, 0.3) is 0 Å². The number of hydrogen-bond acceptors (Lipinski definition) is 1. The number of alkyl halides is 1. The van der Waals surface area contributed by atoms with Crippen LogP contribution in [0.3, 0.4) is 0 Å². The molecule has 0 aliphatic heterocycles. The first-order valence-corrected chi connectivity index (χ1v) is 5.68. The Kier molecular flexibility index (Phi) is 4.51. The standard InChI is InChI=1S/C11H13BrF2O/c1-3-4-8(12)11-9(13)5-7(15-2)6-10(11)14/h5-6,8H,3-4H2,1-2H3. The first-order chi connectivity index (χ1) is 7.10. The van der Waals surface area contributed by atoms with Gasteiger partial charge in [0.05, 0.1) is 7.11 Å². The minimum Gasteiger partial charge on any atom is -0.497 e. The molecule has 0 aromatic heterocycles. The topological polar surface area (TPSA) is 9.23 Å². The molecule has 0 spiro atoms. The van der Waals surface area contributed by atoms with Crippen LogP contribution in [0, 0.1) is 11.6 Å². The predicted molar refractivity (Wildman–Crippen MR) is 59.5 cm³/mol. The number of ether oxygens (including phenoxy) is 1. The van der Waals surface area contributed by atoms with Crippen LogP contribution in [-0.2, 0) is 0 Å². The maximum Gasteiger partial charge on any atom is 0.134 e. The summed E-state index contributed by atoms with van der Waals surface area (Å²) >= 11 is 3.27. The maximum absolute atomic E-state index is 13.5. The lowest BCUT2D eigenvalue weighted by Crippen LogP contribution is -2.00. The molecule has 0 N–H and O–H groups in total. The Bertz CT molecular complexity index is 318. The van der Waals surface area contributed by atoms with Gasteiger partial charge >= 0.3 is 0 Å². The van der Waals surface area contributed by atoms with Crippen LogP contribution in [-0.4, -0.2) is 7.11 Å². The smallest absolute Gasteiger partial charge is 0.134 e. The molecule has 1 aromatic carbocycles. The molecule has 0 aliphatic rings. The summed E-state index contributed by atoms with van der Waals surface area (Å²) in [6.07, 6.45) is 1.56. The van der Waals surface area contributed by atoms with Gasteiger partial charge in [-0.2, -0.15) is 0 Å². The van der Waals surface area contributed by atoms with Crippen molar-refractivity contribution < 1.29 is 13.5 Å². The second-order valence-corrected chi connectivity index (χ2v) is 4.37. The van der Waals surface area contributed by atoms with Gasteiger partial charge in [-0.15, -0.1) is 0 Å². The summed E-state index contributed by atoms with van der Waals surface area (Å²) in [5, 5.41) is 0. The molecule has 1 atom stereocenters. The van der Waals surface area contributed by atoms with Crippen LogP contribution in [0.1, 0.15) is 30.2 Å². The number of benzene rings is 1. The van der Waals surface area contributed by atoms with Gasteiger partial charge in [-0.3, -0.25) is 0 Å². The van der Waals surface area contributed by atoms with Crippen LogP contribution < -0.4 is 4.74 Å². The zero-order valence-corrected chi connectivity index (χ0v) is 10.3. The van der Waals surface area contributed by atoms with Gasteiger partial charge < -0.3 is 4.74 Å². The molecule has 1 unspecified atom stereocenters. The Hall–Kier alpha value is -0.640. The SMILES string of the molecule is CCCC(Br)c1c(F)cc(OC)cc1F. The molecule has 1 rings (SSSR count). The van der Waals surface area contributed by atoms with Crippen LogP contribution in [0.4, 0.5) is 8.78 Å². The van der Waals surface area contributed by atoms with Crippen molar-refractivity contribution in [2.75, 3.05) is 7.11 Å². The summed E-state index contributed by atoms with van der Waals surface area (Å²) in [6, 6.07) is 2.39. The lowest BCUT2D eigenvalue weighted by Gasteiger charge is -2.12. The summed E-state index contributed by atoms with van der Waals surface area (Å²) in [6.45, 7) is 1.97. The van der Waals surface area contributed by atoms with Crippen molar-refractivity contribution in [2.24, 2.45) is 0 Å². The summed E-state index contributed by atoms with van der Waals surface area (Å²) in [5.41, 5.74) is 0.0812. The van der Waals surface area contributed by atoms with Crippen molar-refractivity contribution >= 4 is 15.9 Å². The van der Waals surface area contributed by atoms with E-state index < -0.39 is 11.6 Å². The molecule has 1 aromatic rings. The summed E-state index contributed by atoms with van der Waals surface area (Å²) < 4.78 is 31.8. The predicted octanol–water partition coefficient (Wildman–Crippen LogP) is 4.21. The molecule has 0 bridgehead atoms. The first kappa shape index (κ1) is 12.4. The van der Waals surface area contributed by atoms with E-state index in [0.29, 0.717) is 6.42 Å². The largest absolute Gasteiger partial charge is 0.497 e. The van der Waals surface area contributed by atoms with Gasteiger partial charge in [-0.1, -0.05) is 29.3 Å². The first-order valence-electron chi connectivity index (χ1n) is 4.77. The van der Waals surface area contributed by atoms with Gasteiger partial charge in [0, 0.05) is 22.5 Å². The van der Waals surface area contributed by atoms with E-state index in [9.17, 15) is 8.78 Å². The average molecular weight is 279 g/mol. The van der Waals surface area contributed by atoms with Crippen LogP contribution in [0.2, 0.25) is 0 Å². The monoisotopic (exact) mass is 278 g/mol. The fraction of sp³-hybridized carbons (Fsp3) is 0.455. The zero-order chi connectivity index (χ0) is 11.4. The van der Waals surface area contributed by atoms with Gasteiger partial charge in [0.1, 0.15) is 17.4 Å². The van der Waals surface area contributed by atoms with Gasteiger partial charge in [-0.05, 0) is 6.42 Å². The highest BCUT2D eigenvalue weighted by atomic mass is 79.9. The molecule has 84 valence electrons. The summed E-state index contributed by atoms with van der Waals surface area (Å²) in [7, 11) is 1.38. The third kappa shape index (κ3) is 2.91. The third-order valence-electron chi connectivity index (χ3n) is 2.14. The van der Waals surface area contributed by atoms with E-state index in [4.69, 9.17) is 4.74 Å². The van der Waals surface area contributed by atoms with Crippen LogP contribution >= 0.6 is 15.9 Å². The Morgan fingerprint density at radius 3 is 2.27 bits per heavy atom. The Morgan fingerprint density at radius 1 is 1.33 bits per heavy atom. The van der Waals surface area contributed by atoms with Crippen LogP contribution in [0.25, 0.3) is 0 Å². The highest BCUT2D eigenvalue weighted by Crippen LogP contribution is 2.33. The van der Waals surface area contributed by atoms with Crippen molar-refractivity contribution in [1.82, 2.24) is 0 Å². The minimum absolute atomic E-state index is 0.0812. The normalized spacial score (nSPS) is 12.6. The summed E-state index contributed by atoms with van der Waals surface area (Å²) in [4.78, 5) is -0.284. The molecular formula is C11H13BrF2O. The molecule has 0 saturated heterocycles. The van der Waals surface area contributed by atoms with Crippen molar-refractivity contribution in [1.29, 1.82) is 0 Å². The Balaban J connectivity index is 3.07. The Morgan fingerprint density at radius 2 is 1.87 bits per heavy atom. The lowest BCUT2D eigenvalue weighted by atomic mass is 10.1.